The van der Waals surface area contributed by atoms with Crippen molar-refractivity contribution in [2.45, 2.75) is 58.3 Å². The largest absolute Gasteiger partial charge is 0.477 e. The summed E-state index contributed by atoms with van der Waals surface area (Å²) in [4.78, 5) is 16.9. The van der Waals surface area contributed by atoms with Gasteiger partial charge in [0, 0.05) is 12.6 Å². The topological polar surface area (TPSA) is 55.1 Å². The van der Waals surface area contributed by atoms with Gasteiger partial charge in [0.05, 0.1) is 5.69 Å². The van der Waals surface area contributed by atoms with Crippen molar-refractivity contribution in [2.24, 2.45) is 30.2 Å². The maximum Gasteiger partial charge on any atom is 0.354 e. The quantitative estimate of drug-likeness (QED) is 0.774. The van der Waals surface area contributed by atoms with E-state index in [2.05, 4.69) is 13.0 Å². The third-order valence-corrected chi connectivity index (χ3v) is 7.81. The van der Waals surface area contributed by atoms with Gasteiger partial charge in [-0.3, -0.25) is 0 Å². The summed E-state index contributed by atoms with van der Waals surface area (Å²) < 4.78 is 1.78. The van der Waals surface area contributed by atoms with Crippen molar-refractivity contribution in [1.29, 1.82) is 0 Å². The number of imidazole rings is 1. The fourth-order valence-electron chi connectivity index (χ4n) is 7.04. The molecule has 1 N–H and O–H groups in total. The normalized spacial score (nSPS) is 30.7. The standard InChI is InChI=1S/C24H30N2O2/c1-15-5-3-4-6-19(15)22-25-20(21(23(27)28)26(22)2)7-8-24-12-16-9-17(13-24)11-18(10-16)14-24/h3-6,16-18H,7-14H2,1-2H3,(H,27,28). The van der Waals surface area contributed by atoms with E-state index in [0.29, 0.717) is 11.1 Å². The number of carbonyl (C=O) groups is 1. The van der Waals surface area contributed by atoms with Crippen LogP contribution in [0.5, 0.6) is 0 Å². The Hall–Kier alpha value is -2.10. The van der Waals surface area contributed by atoms with Gasteiger partial charge in [-0.25, -0.2) is 9.78 Å². The van der Waals surface area contributed by atoms with Gasteiger partial charge >= 0.3 is 5.97 Å². The molecule has 0 unspecified atom stereocenters. The molecule has 0 atom stereocenters. The highest BCUT2D eigenvalue weighted by atomic mass is 16.4. The van der Waals surface area contributed by atoms with Crippen molar-refractivity contribution < 1.29 is 9.90 Å². The Bertz CT molecular complexity index is 891. The summed E-state index contributed by atoms with van der Waals surface area (Å²) >= 11 is 0. The van der Waals surface area contributed by atoms with Crippen molar-refractivity contribution in [1.82, 2.24) is 9.55 Å². The van der Waals surface area contributed by atoms with Gasteiger partial charge in [-0.1, -0.05) is 24.3 Å². The summed E-state index contributed by atoms with van der Waals surface area (Å²) in [6.07, 6.45) is 10.3. The third-order valence-electron chi connectivity index (χ3n) is 7.81. The number of nitrogens with zero attached hydrogens (tertiary/aromatic N) is 2. The molecule has 28 heavy (non-hydrogen) atoms. The number of aromatic nitrogens is 2. The van der Waals surface area contributed by atoms with E-state index in [0.717, 1.165) is 53.2 Å². The summed E-state index contributed by atoms with van der Waals surface area (Å²) in [6.45, 7) is 2.06. The Morgan fingerprint density at radius 1 is 1.14 bits per heavy atom. The highest BCUT2D eigenvalue weighted by molar-refractivity contribution is 5.88. The summed E-state index contributed by atoms with van der Waals surface area (Å²) in [5.41, 5.74) is 3.73. The highest BCUT2D eigenvalue weighted by Crippen LogP contribution is 2.61. The minimum atomic E-state index is -0.865. The van der Waals surface area contributed by atoms with E-state index in [9.17, 15) is 9.90 Å². The molecule has 1 heterocycles. The number of carboxylic acids is 1. The zero-order valence-electron chi connectivity index (χ0n) is 16.9. The highest BCUT2D eigenvalue weighted by Gasteiger charge is 2.50. The molecule has 4 heteroatoms. The third kappa shape index (κ3) is 2.89. The lowest BCUT2D eigenvalue weighted by molar-refractivity contribution is -0.0571. The van der Waals surface area contributed by atoms with Crippen molar-refractivity contribution in [2.75, 3.05) is 0 Å². The van der Waals surface area contributed by atoms with Crippen molar-refractivity contribution in [3.63, 3.8) is 0 Å². The summed E-state index contributed by atoms with van der Waals surface area (Å²) in [5.74, 6) is 2.69. The smallest absolute Gasteiger partial charge is 0.354 e. The Morgan fingerprint density at radius 3 is 2.32 bits per heavy atom. The summed E-state index contributed by atoms with van der Waals surface area (Å²) in [6, 6.07) is 8.09. The van der Waals surface area contributed by atoms with Crippen molar-refractivity contribution >= 4 is 5.97 Å². The van der Waals surface area contributed by atoms with E-state index in [4.69, 9.17) is 4.98 Å². The molecule has 4 saturated carbocycles. The average molecular weight is 379 g/mol. The minimum Gasteiger partial charge on any atom is -0.477 e. The SMILES string of the molecule is Cc1ccccc1-c1nc(CCC23CC4CC(CC(C4)C2)C3)c(C(=O)O)n1C. The first kappa shape index (κ1) is 18.0. The molecule has 6 rings (SSSR count). The van der Waals surface area contributed by atoms with E-state index in [1.807, 2.05) is 25.2 Å². The van der Waals surface area contributed by atoms with Crippen LogP contribution in [0.4, 0.5) is 0 Å². The molecule has 4 bridgehead atoms. The zero-order valence-corrected chi connectivity index (χ0v) is 16.9. The maximum atomic E-state index is 12.0. The Kier molecular flexibility index (Phi) is 4.15. The van der Waals surface area contributed by atoms with Gasteiger partial charge in [0.25, 0.3) is 0 Å². The fourth-order valence-corrected chi connectivity index (χ4v) is 7.04. The van der Waals surface area contributed by atoms with Crippen LogP contribution in [-0.4, -0.2) is 20.6 Å². The van der Waals surface area contributed by atoms with Crippen LogP contribution in [0.3, 0.4) is 0 Å². The minimum absolute atomic E-state index is 0.364. The number of aromatic carboxylic acids is 1. The average Bonchev–Trinajstić information content (AvgIpc) is 2.96. The van der Waals surface area contributed by atoms with Crippen LogP contribution >= 0.6 is 0 Å². The van der Waals surface area contributed by atoms with Crippen LogP contribution in [-0.2, 0) is 13.5 Å². The van der Waals surface area contributed by atoms with Gasteiger partial charge in [-0.2, -0.15) is 0 Å². The van der Waals surface area contributed by atoms with Crippen LogP contribution in [0.2, 0.25) is 0 Å². The predicted octanol–water partition coefficient (Wildman–Crippen LogP) is 5.24. The van der Waals surface area contributed by atoms with Crippen molar-refractivity contribution in [3.05, 3.63) is 41.2 Å². The molecular weight excluding hydrogens is 348 g/mol. The molecule has 1 aromatic heterocycles. The molecule has 2 aromatic rings. The van der Waals surface area contributed by atoms with Gasteiger partial charge in [-0.05, 0) is 87.0 Å². The second-order valence-electron chi connectivity index (χ2n) is 9.83. The van der Waals surface area contributed by atoms with E-state index in [1.54, 1.807) is 4.57 Å². The molecule has 4 aliphatic carbocycles. The molecule has 4 fully saturated rings. The Balaban J connectivity index is 1.45. The summed E-state index contributed by atoms with van der Waals surface area (Å²) in [5, 5.41) is 9.88. The number of benzene rings is 1. The molecule has 0 spiro atoms. The van der Waals surface area contributed by atoms with E-state index < -0.39 is 5.97 Å². The number of hydrogen-bond acceptors (Lipinski definition) is 2. The first-order chi connectivity index (χ1) is 13.4. The fraction of sp³-hybridized carbons (Fsp3) is 0.583. The molecular formula is C24H30N2O2. The molecule has 0 radical (unpaired) electrons. The molecule has 148 valence electrons. The monoisotopic (exact) mass is 378 g/mol. The van der Waals surface area contributed by atoms with Crippen LogP contribution in [0.25, 0.3) is 11.4 Å². The van der Waals surface area contributed by atoms with Crippen LogP contribution in [0.1, 0.15) is 66.7 Å². The first-order valence-corrected chi connectivity index (χ1v) is 10.8. The number of hydrogen-bond donors (Lipinski definition) is 1. The lowest BCUT2D eigenvalue weighted by Crippen LogP contribution is -2.46. The lowest BCUT2D eigenvalue weighted by Gasteiger charge is -2.57. The molecule has 0 aliphatic heterocycles. The molecule has 4 nitrogen and oxygen atoms in total. The van der Waals surface area contributed by atoms with Gasteiger partial charge < -0.3 is 9.67 Å². The van der Waals surface area contributed by atoms with Crippen LogP contribution in [0.15, 0.2) is 24.3 Å². The predicted molar refractivity (Wildman–Crippen MR) is 109 cm³/mol. The van der Waals surface area contributed by atoms with Gasteiger partial charge in [-0.15, -0.1) is 0 Å². The van der Waals surface area contributed by atoms with Gasteiger partial charge in [0.15, 0.2) is 5.69 Å². The van der Waals surface area contributed by atoms with Crippen LogP contribution in [0, 0.1) is 30.1 Å². The molecule has 0 saturated heterocycles. The van der Waals surface area contributed by atoms with Gasteiger partial charge in [0.1, 0.15) is 5.82 Å². The second kappa shape index (κ2) is 6.47. The molecule has 0 amide bonds. The Labute approximate surface area is 167 Å². The van der Waals surface area contributed by atoms with Crippen LogP contribution < -0.4 is 0 Å². The van der Waals surface area contributed by atoms with E-state index in [-0.39, 0.29) is 0 Å². The summed E-state index contributed by atoms with van der Waals surface area (Å²) in [7, 11) is 1.84. The maximum absolute atomic E-state index is 12.0. The first-order valence-electron chi connectivity index (χ1n) is 10.8. The van der Waals surface area contributed by atoms with E-state index in [1.165, 1.54) is 38.5 Å². The zero-order chi connectivity index (χ0) is 19.5. The Morgan fingerprint density at radius 2 is 1.75 bits per heavy atom. The molecule has 4 aliphatic rings. The van der Waals surface area contributed by atoms with Gasteiger partial charge in [0.2, 0.25) is 0 Å². The molecule has 1 aromatic carbocycles. The lowest BCUT2D eigenvalue weighted by atomic mass is 9.48. The number of carboxylic acid groups (broad SMARTS) is 1. The second-order valence-corrected chi connectivity index (χ2v) is 9.83. The number of aryl methyl sites for hydroxylation is 2. The van der Waals surface area contributed by atoms with E-state index >= 15 is 0 Å². The van der Waals surface area contributed by atoms with Crippen molar-refractivity contribution in [3.8, 4) is 11.4 Å². The number of rotatable bonds is 5.